The molecule has 0 radical (unpaired) electrons. The largest absolute Gasteiger partial charge is 0.436 e. The minimum atomic E-state index is -0.423. The molecule has 0 fully saturated rings. The Bertz CT molecular complexity index is 1210. The van der Waals surface area contributed by atoms with Gasteiger partial charge in [-0.1, -0.05) is 12.1 Å². The summed E-state index contributed by atoms with van der Waals surface area (Å²) >= 11 is 0. The van der Waals surface area contributed by atoms with E-state index in [9.17, 15) is 10.1 Å². The molecule has 138 valence electrons. The second kappa shape index (κ2) is 7.08. The van der Waals surface area contributed by atoms with Crippen molar-refractivity contribution in [3.05, 3.63) is 87.5 Å². The zero-order chi connectivity index (χ0) is 19.7. The van der Waals surface area contributed by atoms with Crippen LogP contribution in [0.25, 0.3) is 22.6 Å². The summed E-state index contributed by atoms with van der Waals surface area (Å²) in [4.78, 5) is 19.4. The van der Waals surface area contributed by atoms with Crippen LogP contribution in [0, 0.1) is 24.0 Å². The van der Waals surface area contributed by atoms with Gasteiger partial charge < -0.3 is 4.42 Å². The topological polar surface area (TPSA) is 81.5 Å². The number of hydrogen-bond donors (Lipinski definition) is 0. The molecule has 0 amide bonds. The fraction of sp³-hybridized carbons (Fsp3) is 0.0909. The monoisotopic (exact) mass is 371 g/mol. The van der Waals surface area contributed by atoms with Gasteiger partial charge in [-0.15, -0.1) is 0 Å². The molecule has 6 heteroatoms. The second-order valence-corrected chi connectivity index (χ2v) is 6.61. The van der Waals surface area contributed by atoms with E-state index >= 15 is 0 Å². The predicted octanol–water partition coefficient (Wildman–Crippen LogP) is 5.77. The molecule has 0 atom stereocenters. The fourth-order valence-electron chi connectivity index (χ4n) is 3.05. The van der Waals surface area contributed by atoms with Crippen molar-refractivity contribution in [2.45, 2.75) is 13.8 Å². The Morgan fingerprint density at radius 1 is 1.07 bits per heavy atom. The number of hydrogen-bond acceptors (Lipinski definition) is 5. The quantitative estimate of drug-likeness (QED) is 0.259. The fourth-order valence-corrected chi connectivity index (χ4v) is 3.05. The maximum atomic E-state index is 10.7. The molecular formula is C22H17N3O3. The van der Waals surface area contributed by atoms with E-state index in [0.717, 1.165) is 39.0 Å². The number of fused-ring (bicyclic) bond motifs is 1. The van der Waals surface area contributed by atoms with Crippen molar-refractivity contribution in [2.24, 2.45) is 4.99 Å². The van der Waals surface area contributed by atoms with E-state index in [4.69, 9.17) is 4.42 Å². The molecule has 0 spiro atoms. The lowest BCUT2D eigenvalue weighted by Gasteiger charge is -1.98. The third-order valence-corrected chi connectivity index (χ3v) is 4.38. The van der Waals surface area contributed by atoms with Gasteiger partial charge in [0.2, 0.25) is 5.89 Å². The third-order valence-electron chi connectivity index (χ3n) is 4.38. The van der Waals surface area contributed by atoms with Crippen molar-refractivity contribution in [1.82, 2.24) is 4.98 Å². The van der Waals surface area contributed by atoms with Crippen LogP contribution in [0.3, 0.4) is 0 Å². The molecule has 3 aromatic carbocycles. The summed E-state index contributed by atoms with van der Waals surface area (Å²) in [5, 5.41) is 10.7. The Morgan fingerprint density at radius 3 is 2.61 bits per heavy atom. The molecule has 4 aromatic rings. The van der Waals surface area contributed by atoms with Gasteiger partial charge in [-0.25, -0.2) is 4.98 Å². The Balaban J connectivity index is 1.62. The Morgan fingerprint density at radius 2 is 1.86 bits per heavy atom. The summed E-state index contributed by atoms with van der Waals surface area (Å²) in [6.07, 6.45) is 1.67. The lowest BCUT2D eigenvalue weighted by atomic mass is 10.1. The predicted molar refractivity (Wildman–Crippen MR) is 109 cm³/mol. The summed E-state index contributed by atoms with van der Waals surface area (Å²) in [5.41, 5.74) is 6.25. The van der Waals surface area contributed by atoms with Crippen LogP contribution >= 0.6 is 0 Å². The van der Waals surface area contributed by atoms with Gasteiger partial charge in [-0.2, -0.15) is 0 Å². The maximum absolute atomic E-state index is 10.7. The van der Waals surface area contributed by atoms with E-state index in [1.807, 2.05) is 44.2 Å². The number of rotatable bonds is 4. The number of nitro groups is 1. The molecule has 0 aliphatic heterocycles. The molecule has 0 aliphatic rings. The number of benzene rings is 3. The summed E-state index contributed by atoms with van der Waals surface area (Å²) in [6.45, 7) is 4.05. The minimum absolute atomic E-state index is 0.0561. The summed E-state index contributed by atoms with van der Waals surface area (Å²) in [6, 6.07) is 17.9. The zero-order valence-corrected chi connectivity index (χ0v) is 15.4. The zero-order valence-electron chi connectivity index (χ0n) is 15.4. The van der Waals surface area contributed by atoms with Crippen molar-refractivity contribution < 1.29 is 9.34 Å². The number of nitrogens with zero attached hydrogens (tertiary/aromatic N) is 3. The lowest BCUT2D eigenvalue weighted by Crippen LogP contribution is -1.88. The first-order valence-electron chi connectivity index (χ1n) is 8.76. The van der Waals surface area contributed by atoms with Gasteiger partial charge in [0, 0.05) is 23.9 Å². The summed E-state index contributed by atoms with van der Waals surface area (Å²) in [5.74, 6) is 0.552. The van der Waals surface area contributed by atoms with E-state index < -0.39 is 4.92 Å². The second-order valence-electron chi connectivity index (χ2n) is 6.61. The molecule has 0 saturated carbocycles. The van der Waals surface area contributed by atoms with Crippen molar-refractivity contribution in [1.29, 1.82) is 0 Å². The number of aromatic nitrogens is 1. The van der Waals surface area contributed by atoms with Crippen molar-refractivity contribution in [3.63, 3.8) is 0 Å². The van der Waals surface area contributed by atoms with Crippen LogP contribution in [-0.2, 0) is 0 Å². The SMILES string of the molecule is Cc1cc(C)c2oc(-c3cccc(N=Cc4ccc([N+](=O)[O-])cc4)c3)nc2c1. The van der Waals surface area contributed by atoms with Gasteiger partial charge >= 0.3 is 0 Å². The molecule has 0 aliphatic carbocycles. The number of aryl methyl sites for hydroxylation is 2. The van der Waals surface area contributed by atoms with Crippen LogP contribution in [0.2, 0.25) is 0 Å². The van der Waals surface area contributed by atoms with Gasteiger partial charge in [-0.05, 0) is 66.9 Å². The van der Waals surface area contributed by atoms with Crippen LogP contribution in [0.15, 0.2) is 70.1 Å². The van der Waals surface area contributed by atoms with Crippen molar-refractivity contribution in [2.75, 3.05) is 0 Å². The van der Waals surface area contributed by atoms with E-state index in [1.54, 1.807) is 18.3 Å². The van der Waals surface area contributed by atoms with Gasteiger partial charge in [0.05, 0.1) is 10.6 Å². The van der Waals surface area contributed by atoms with Gasteiger partial charge in [0.15, 0.2) is 5.58 Å². The molecule has 4 rings (SSSR count). The smallest absolute Gasteiger partial charge is 0.269 e. The molecule has 0 saturated heterocycles. The molecule has 28 heavy (non-hydrogen) atoms. The molecule has 0 unspecified atom stereocenters. The number of aliphatic imine (C=N–C) groups is 1. The Kier molecular flexibility index (Phi) is 4.45. The van der Waals surface area contributed by atoms with Crippen LogP contribution in [0.1, 0.15) is 16.7 Å². The molecule has 0 N–H and O–H groups in total. The van der Waals surface area contributed by atoms with Crippen molar-refractivity contribution in [3.8, 4) is 11.5 Å². The van der Waals surface area contributed by atoms with Crippen LogP contribution in [0.4, 0.5) is 11.4 Å². The average molecular weight is 371 g/mol. The number of nitro benzene ring substituents is 1. The van der Waals surface area contributed by atoms with Crippen LogP contribution in [0.5, 0.6) is 0 Å². The first-order chi connectivity index (χ1) is 13.5. The highest BCUT2D eigenvalue weighted by molar-refractivity contribution is 5.83. The Labute approximate surface area is 161 Å². The first kappa shape index (κ1) is 17.6. The highest BCUT2D eigenvalue weighted by Crippen LogP contribution is 2.29. The van der Waals surface area contributed by atoms with Crippen molar-refractivity contribution >= 4 is 28.7 Å². The van der Waals surface area contributed by atoms with Gasteiger partial charge in [0.25, 0.3) is 5.69 Å². The summed E-state index contributed by atoms with van der Waals surface area (Å²) < 4.78 is 5.97. The molecular weight excluding hydrogens is 354 g/mol. The highest BCUT2D eigenvalue weighted by atomic mass is 16.6. The standard InChI is InChI=1S/C22H17N3O3/c1-14-10-15(2)21-20(11-14)24-22(28-21)17-4-3-5-18(12-17)23-13-16-6-8-19(9-7-16)25(26)27/h3-13H,1-2H3. The minimum Gasteiger partial charge on any atom is -0.436 e. The van der Waals surface area contributed by atoms with E-state index in [-0.39, 0.29) is 5.69 Å². The number of non-ortho nitro benzene ring substituents is 1. The maximum Gasteiger partial charge on any atom is 0.269 e. The van der Waals surface area contributed by atoms with Crippen LogP contribution in [-0.4, -0.2) is 16.1 Å². The Hall–Kier alpha value is -3.80. The van der Waals surface area contributed by atoms with E-state index in [1.165, 1.54) is 12.1 Å². The third kappa shape index (κ3) is 3.53. The van der Waals surface area contributed by atoms with E-state index in [2.05, 4.69) is 16.0 Å². The number of oxazole rings is 1. The average Bonchev–Trinajstić information content (AvgIpc) is 3.11. The van der Waals surface area contributed by atoms with E-state index in [0.29, 0.717) is 5.89 Å². The van der Waals surface area contributed by atoms with Gasteiger partial charge in [-0.3, -0.25) is 15.1 Å². The van der Waals surface area contributed by atoms with Crippen LogP contribution < -0.4 is 0 Å². The molecule has 1 aromatic heterocycles. The van der Waals surface area contributed by atoms with Gasteiger partial charge in [0.1, 0.15) is 5.52 Å². The molecule has 1 heterocycles. The lowest BCUT2D eigenvalue weighted by molar-refractivity contribution is -0.384. The first-order valence-corrected chi connectivity index (χ1v) is 8.76. The normalized spacial score (nSPS) is 11.4. The molecule has 0 bridgehead atoms. The molecule has 6 nitrogen and oxygen atoms in total. The highest BCUT2D eigenvalue weighted by Gasteiger charge is 2.11. The summed E-state index contributed by atoms with van der Waals surface area (Å²) in [7, 11) is 0.